The molecule has 2 heterocycles. The normalized spacial score (nSPS) is 12.6. The van der Waals surface area contributed by atoms with E-state index in [1.54, 1.807) is 13.2 Å². The average Bonchev–Trinajstić information content (AvgIpc) is 3.17. The monoisotopic (exact) mass is 404 g/mol. The van der Waals surface area contributed by atoms with E-state index in [2.05, 4.69) is 53.0 Å². The second kappa shape index (κ2) is 9.40. The Bertz CT molecular complexity index is 1130. The maximum Gasteiger partial charge on any atom is 0.125 e. The molecule has 4 rings (SSSR count). The topological polar surface area (TPSA) is 27.1 Å². The van der Waals surface area contributed by atoms with Crippen molar-refractivity contribution in [3.63, 3.8) is 0 Å². The number of methoxy groups -OCH3 is 1. The summed E-state index contributed by atoms with van der Waals surface area (Å²) in [7, 11) is 1.74. The van der Waals surface area contributed by atoms with Gasteiger partial charge in [0.1, 0.15) is 5.82 Å². The van der Waals surface area contributed by atoms with E-state index >= 15 is 0 Å². The smallest absolute Gasteiger partial charge is 0.125 e. The average molecular weight is 405 g/mol. The van der Waals surface area contributed by atoms with Crippen molar-refractivity contribution in [3.8, 4) is 0 Å². The molecule has 2 aromatic heterocycles. The van der Waals surface area contributed by atoms with Gasteiger partial charge < -0.3 is 9.30 Å². The number of pyridine rings is 1. The van der Waals surface area contributed by atoms with Crippen molar-refractivity contribution in [1.82, 2.24) is 9.55 Å². The first-order chi connectivity index (χ1) is 14.6. The van der Waals surface area contributed by atoms with Gasteiger partial charge in [-0.1, -0.05) is 6.07 Å². The van der Waals surface area contributed by atoms with E-state index < -0.39 is 0 Å². The third kappa shape index (κ3) is 4.71. The van der Waals surface area contributed by atoms with Crippen LogP contribution in [0.15, 0.2) is 60.9 Å². The van der Waals surface area contributed by atoms with Crippen molar-refractivity contribution < 1.29 is 9.13 Å². The van der Waals surface area contributed by atoms with Gasteiger partial charge in [-0.15, -0.1) is 0 Å². The van der Waals surface area contributed by atoms with Gasteiger partial charge in [-0.05, 0) is 98.0 Å². The van der Waals surface area contributed by atoms with Crippen molar-refractivity contribution in [2.75, 3.05) is 13.7 Å². The minimum Gasteiger partial charge on any atom is -0.385 e. The summed E-state index contributed by atoms with van der Waals surface area (Å²) in [5.74, 6) is -0.180. The second-order valence-corrected chi connectivity index (χ2v) is 8.13. The van der Waals surface area contributed by atoms with Crippen LogP contribution >= 0.6 is 0 Å². The molecule has 30 heavy (non-hydrogen) atoms. The summed E-state index contributed by atoms with van der Waals surface area (Å²) in [5.41, 5.74) is 4.62. The van der Waals surface area contributed by atoms with Crippen LogP contribution in [0.2, 0.25) is 0 Å². The van der Waals surface area contributed by atoms with E-state index in [4.69, 9.17) is 4.74 Å². The van der Waals surface area contributed by atoms with E-state index in [-0.39, 0.29) is 5.82 Å². The Kier molecular flexibility index (Phi) is 6.44. The van der Waals surface area contributed by atoms with Crippen molar-refractivity contribution in [2.45, 2.75) is 45.1 Å². The quantitative estimate of drug-likeness (QED) is 0.298. The summed E-state index contributed by atoms with van der Waals surface area (Å²) in [4.78, 5) is 4.60. The molecule has 0 fully saturated rings. The Balaban J connectivity index is 1.39. The lowest BCUT2D eigenvalue weighted by molar-refractivity contribution is 0.195. The predicted octanol–water partition coefficient (Wildman–Crippen LogP) is 6.49. The molecular formula is C26H29FN2O. The fourth-order valence-corrected chi connectivity index (χ4v) is 4.19. The lowest BCUT2D eigenvalue weighted by atomic mass is 10.0. The number of benzene rings is 2. The molecule has 0 aliphatic heterocycles. The lowest BCUT2D eigenvalue weighted by Gasteiger charge is -2.15. The molecule has 0 spiro atoms. The number of rotatable bonds is 9. The fraction of sp³-hybridized carbons (Fsp3) is 0.346. The Labute approximate surface area is 177 Å². The highest BCUT2D eigenvalue weighted by Gasteiger charge is 2.09. The van der Waals surface area contributed by atoms with Gasteiger partial charge in [0.05, 0.1) is 11.0 Å². The lowest BCUT2D eigenvalue weighted by Crippen LogP contribution is -2.04. The zero-order valence-corrected chi connectivity index (χ0v) is 17.8. The molecule has 0 N–H and O–H groups in total. The van der Waals surface area contributed by atoms with Crippen LogP contribution in [0.1, 0.15) is 43.4 Å². The Morgan fingerprint density at radius 1 is 0.967 bits per heavy atom. The van der Waals surface area contributed by atoms with Crippen molar-refractivity contribution in [2.24, 2.45) is 0 Å². The molecule has 1 atom stereocenters. The molecule has 0 saturated heterocycles. The van der Waals surface area contributed by atoms with Crippen molar-refractivity contribution in [1.29, 1.82) is 0 Å². The number of hydrogen-bond acceptors (Lipinski definition) is 2. The standard InChI is InChI=1S/C26H29FN2O/c1-19(29-13-12-22-9-10-24(27)17-26(22)29)5-3-6-20-8-11-25-23(15-20)16-21(18-28-25)7-4-14-30-2/h8-13,15-19H,3-7,14H2,1-2H3. The van der Waals surface area contributed by atoms with E-state index in [0.29, 0.717) is 6.04 Å². The minimum atomic E-state index is -0.180. The van der Waals surface area contributed by atoms with Crippen molar-refractivity contribution >= 4 is 21.8 Å². The van der Waals surface area contributed by atoms with Crippen LogP contribution in [0.4, 0.5) is 4.39 Å². The Morgan fingerprint density at radius 3 is 2.67 bits per heavy atom. The highest BCUT2D eigenvalue weighted by atomic mass is 19.1. The molecule has 2 aromatic carbocycles. The number of fused-ring (bicyclic) bond motifs is 2. The van der Waals surface area contributed by atoms with E-state index in [0.717, 1.165) is 55.1 Å². The van der Waals surface area contributed by atoms with Crippen LogP contribution in [0.25, 0.3) is 21.8 Å². The summed E-state index contributed by atoms with van der Waals surface area (Å²) in [5, 5.41) is 2.30. The Hall–Kier alpha value is -2.72. The first-order valence-corrected chi connectivity index (χ1v) is 10.8. The molecule has 0 bridgehead atoms. The first kappa shape index (κ1) is 20.5. The molecule has 3 nitrogen and oxygen atoms in total. The molecule has 156 valence electrons. The SMILES string of the molecule is COCCCc1cnc2ccc(CCCC(C)n3ccc4ccc(F)cc43)cc2c1. The molecule has 4 heteroatoms. The van der Waals surface area contributed by atoms with Gasteiger partial charge in [-0.2, -0.15) is 0 Å². The van der Waals surface area contributed by atoms with Gasteiger partial charge in [-0.25, -0.2) is 4.39 Å². The van der Waals surface area contributed by atoms with Gasteiger partial charge in [-0.3, -0.25) is 4.98 Å². The van der Waals surface area contributed by atoms with Gasteiger partial charge >= 0.3 is 0 Å². The summed E-state index contributed by atoms with van der Waals surface area (Å²) in [6.45, 7) is 2.99. The molecule has 0 aliphatic carbocycles. The number of aromatic nitrogens is 2. The maximum atomic E-state index is 13.6. The highest BCUT2D eigenvalue weighted by molar-refractivity contribution is 5.80. The molecule has 0 amide bonds. The molecule has 0 saturated carbocycles. The fourth-order valence-electron chi connectivity index (χ4n) is 4.19. The molecule has 1 unspecified atom stereocenters. The van der Waals surface area contributed by atoms with Crippen LogP contribution < -0.4 is 0 Å². The summed E-state index contributed by atoms with van der Waals surface area (Å²) in [6.07, 6.45) is 9.21. The zero-order chi connectivity index (χ0) is 20.9. The summed E-state index contributed by atoms with van der Waals surface area (Å²) in [6, 6.07) is 16.2. The zero-order valence-electron chi connectivity index (χ0n) is 17.8. The van der Waals surface area contributed by atoms with Crippen LogP contribution in [0, 0.1) is 5.82 Å². The number of ether oxygens (including phenoxy) is 1. The van der Waals surface area contributed by atoms with Gasteiger partial charge in [0.15, 0.2) is 0 Å². The number of nitrogens with zero attached hydrogens (tertiary/aromatic N) is 2. The molecular weight excluding hydrogens is 375 g/mol. The van der Waals surface area contributed by atoms with Crippen LogP contribution in [0.3, 0.4) is 0 Å². The van der Waals surface area contributed by atoms with Crippen LogP contribution in [-0.2, 0) is 17.6 Å². The third-order valence-electron chi connectivity index (χ3n) is 5.86. The van der Waals surface area contributed by atoms with Gasteiger partial charge in [0.2, 0.25) is 0 Å². The largest absolute Gasteiger partial charge is 0.385 e. The predicted molar refractivity (Wildman–Crippen MR) is 121 cm³/mol. The summed E-state index contributed by atoms with van der Waals surface area (Å²) < 4.78 is 21.0. The number of aryl methyl sites for hydroxylation is 2. The van der Waals surface area contributed by atoms with Gasteiger partial charge in [0, 0.05) is 37.5 Å². The van der Waals surface area contributed by atoms with Gasteiger partial charge in [0.25, 0.3) is 0 Å². The molecule has 0 aliphatic rings. The summed E-state index contributed by atoms with van der Waals surface area (Å²) >= 11 is 0. The molecule has 4 aromatic rings. The van der Waals surface area contributed by atoms with Crippen LogP contribution in [-0.4, -0.2) is 23.3 Å². The van der Waals surface area contributed by atoms with E-state index in [1.807, 2.05) is 12.3 Å². The first-order valence-electron chi connectivity index (χ1n) is 10.8. The minimum absolute atomic E-state index is 0.180. The second-order valence-electron chi connectivity index (χ2n) is 8.13. The number of halogens is 1. The third-order valence-corrected chi connectivity index (χ3v) is 5.86. The highest BCUT2D eigenvalue weighted by Crippen LogP contribution is 2.25. The maximum absolute atomic E-state index is 13.6. The van der Waals surface area contributed by atoms with E-state index in [1.165, 1.54) is 22.6 Å². The van der Waals surface area contributed by atoms with Crippen LogP contribution in [0.5, 0.6) is 0 Å². The van der Waals surface area contributed by atoms with E-state index in [9.17, 15) is 4.39 Å². The number of hydrogen-bond donors (Lipinski definition) is 0. The van der Waals surface area contributed by atoms with Crippen molar-refractivity contribution in [3.05, 3.63) is 77.9 Å². The Morgan fingerprint density at radius 2 is 1.80 bits per heavy atom. The molecule has 0 radical (unpaired) electrons.